The van der Waals surface area contributed by atoms with Crippen molar-refractivity contribution in [1.29, 1.82) is 0 Å². The summed E-state index contributed by atoms with van der Waals surface area (Å²) >= 11 is 0. The molecular formula is C27H40O6. The Morgan fingerprint density at radius 3 is 2.58 bits per heavy atom. The zero-order valence-corrected chi connectivity index (χ0v) is 20.5. The van der Waals surface area contributed by atoms with Gasteiger partial charge in [0.25, 0.3) is 0 Å². The highest BCUT2D eigenvalue weighted by molar-refractivity contribution is 5.89. The van der Waals surface area contributed by atoms with Gasteiger partial charge >= 0.3 is 11.9 Å². The van der Waals surface area contributed by atoms with Gasteiger partial charge in [-0.3, -0.25) is 0 Å². The largest absolute Gasteiger partial charge is 0.463 e. The number of esters is 2. The summed E-state index contributed by atoms with van der Waals surface area (Å²) in [5.41, 5.74) is 0.535. The standard InChI is InChI=1S/C27H40O6/c1-5-30-25(28)18-14-9-7-6-8-11-15-21(3)31-27-24(19-20(2)22(4)32-27)33-26(29)23-16-12-10-13-17-23/h10,12-14,16-18,20-22,24,27H,5-9,11,15,19H2,1-4H3/b18-14+/t20-,21+,22?,24?,27-/m1/s1. The Labute approximate surface area is 198 Å². The van der Waals surface area contributed by atoms with E-state index in [9.17, 15) is 9.59 Å². The number of carbonyl (C=O) groups excluding carboxylic acids is 2. The van der Waals surface area contributed by atoms with Crippen molar-refractivity contribution in [3.05, 3.63) is 48.0 Å². The second-order valence-electron chi connectivity index (χ2n) is 8.83. The third-order valence-electron chi connectivity index (χ3n) is 5.96. The quantitative estimate of drug-likeness (QED) is 0.209. The summed E-state index contributed by atoms with van der Waals surface area (Å²) in [6.07, 6.45) is 9.30. The van der Waals surface area contributed by atoms with Crippen molar-refractivity contribution >= 4 is 11.9 Å². The summed E-state index contributed by atoms with van der Waals surface area (Å²) in [5, 5.41) is 0. The maximum atomic E-state index is 12.6. The molecule has 33 heavy (non-hydrogen) atoms. The van der Waals surface area contributed by atoms with Gasteiger partial charge in [-0.05, 0) is 64.5 Å². The van der Waals surface area contributed by atoms with Crippen molar-refractivity contribution in [1.82, 2.24) is 0 Å². The SMILES string of the molecule is CCOC(=O)/C=C/CCCCCC[C@H](C)O[C@@H]1OC(C)[C@H](C)CC1OC(=O)c1ccccc1. The van der Waals surface area contributed by atoms with Gasteiger partial charge in [0.05, 0.1) is 24.4 Å². The molecule has 184 valence electrons. The molecule has 0 bridgehead atoms. The van der Waals surface area contributed by atoms with Crippen LogP contribution in [0, 0.1) is 5.92 Å². The van der Waals surface area contributed by atoms with Crippen molar-refractivity contribution in [2.45, 2.75) is 97.2 Å². The van der Waals surface area contributed by atoms with Crippen LogP contribution in [0.25, 0.3) is 0 Å². The topological polar surface area (TPSA) is 71.1 Å². The summed E-state index contributed by atoms with van der Waals surface area (Å²) in [6, 6.07) is 9.03. The molecule has 1 heterocycles. The van der Waals surface area contributed by atoms with Crippen LogP contribution in [0.15, 0.2) is 42.5 Å². The number of hydrogen-bond donors (Lipinski definition) is 0. The first-order chi connectivity index (χ1) is 15.9. The van der Waals surface area contributed by atoms with Gasteiger partial charge in [0.1, 0.15) is 0 Å². The molecule has 1 aliphatic heterocycles. The van der Waals surface area contributed by atoms with Crippen molar-refractivity contribution < 1.29 is 28.5 Å². The number of hydrogen-bond acceptors (Lipinski definition) is 6. The second-order valence-corrected chi connectivity index (χ2v) is 8.83. The van der Waals surface area contributed by atoms with Crippen LogP contribution in [-0.2, 0) is 23.7 Å². The number of rotatable bonds is 13. The maximum Gasteiger partial charge on any atom is 0.338 e. The van der Waals surface area contributed by atoms with E-state index in [4.69, 9.17) is 18.9 Å². The molecule has 0 saturated carbocycles. The molecule has 1 saturated heterocycles. The van der Waals surface area contributed by atoms with Crippen molar-refractivity contribution in [3.63, 3.8) is 0 Å². The number of carbonyl (C=O) groups is 2. The van der Waals surface area contributed by atoms with Crippen LogP contribution in [0.3, 0.4) is 0 Å². The molecule has 1 fully saturated rings. The Hall–Kier alpha value is -2.18. The van der Waals surface area contributed by atoms with Gasteiger partial charge in [-0.25, -0.2) is 9.59 Å². The summed E-state index contributed by atoms with van der Waals surface area (Å²) in [6.45, 7) is 8.40. The molecule has 6 heteroatoms. The molecule has 6 nitrogen and oxygen atoms in total. The fraction of sp³-hybridized carbons (Fsp3) is 0.630. The minimum Gasteiger partial charge on any atom is -0.463 e. The predicted octanol–water partition coefficient (Wildman–Crippen LogP) is 5.85. The lowest BCUT2D eigenvalue weighted by Gasteiger charge is -2.39. The Kier molecular flexibility index (Phi) is 12.2. The van der Waals surface area contributed by atoms with Gasteiger partial charge in [0.2, 0.25) is 0 Å². The molecule has 0 radical (unpaired) electrons. The number of unbranched alkanes of at least 4 members (excludes halogenated alkanes) is 4. The summed E-state index contributed by atoms with van der Waals surface area (Å²) in [4.78, 5) is 23.8. The Bertz CT molecular complexity index is 731. The molecule has 0 aromatic heterocycles. The number of benzene rings is 1. The third-order valence-corrected chi connectivity index (χ3v) is 5.96. The fourth-order valence-corrected chi connectivity index (χ4v) is 3.82. The molecular weight excluding hydrogens is 420 g/mol. The minimum atomic E-state index is -0.549. The predicted molar refractivity (Wildman–Crippen MR) is 128 cm³/mol. The summed E-state index contributed by atoms with van der Waals surface area (Å²) in [5.74, 6) is -0.333. The first-order valence-corrected chi connectivity index (χ1v) is 12.3. The van der Waals surface area contributed by atoms with Gasteiger partial charge in [0, 0.05) is 6.08 Å². The zero-order valence-electron chi connectivity index (χ0n) is 20.5. The molecule has 0 N–H and O–H groups in total. The molecule has 0 amide bonds. The highest BCUT2D eigenvalue weighted by atomic mass is 16.7. The normalized spacial score (nSPS) is 23.9. The maximum absolute atomic E-state index is 12.6. The fourth-order valence-electron chi connectivity index (χ4n) is 3.82. The Morgan fingerprint density at radius 2 is 1.85 bits per heavy atom. The van der Waals surface area contributed by atoms with E-state index in [1.54, 1.807) is 19.1 Å². The van der Waals surface area contributed by atoms with Crippen molar-refractivity contribution in [3.8, 4) is 0 Å². The van der Waals surface area contributed by atoms with Crippen LogP contribution in [0.5, 0.6) is 0 Å². The number of allylic oxidation sites excluding steroid dienone is 1. The van der Waals surface area contributed by atoms with E-state index in [1.165, 1.54) is 6.08 Å². The molecule has 1 aromatic carbocycles. The Morgan fingerprint density at radius 1 is 1.12 bits per heavy atom. The van der Waals surface area contributed by atoms with E-state index in [-0.39, 0.29) is 30.1 Å². The molecule has 1 aliphatic rings. The van der Waals surface area contributed by atoms with Crippen LogP contribution in [0.2, 0.25) is 0 Å². The summed E-state index contributed by atoms with van der Waals surface area (Å²) < 4.78 is 22.9. The van der Waals surface area contributed by atoms with E-state index in [2.05, 4.69) is 6.92 Å². The van der Waals surface area contributed by atoms with Gasteiger partial charge in [-0.15, -0.1) is 0 Å². The van der Waals surface area contributed by atoms with Gasteiger partial charge in [-0.1, -0.05) is 50.5 Å². The van der Waals surface area contributed by atoms with Crippen LogP contribution in [0.4, 0.5) is 0 Å². The van der Waals surface area contributed by atoms with E-state index >= 15 is 0 Å². The first kappa shape index (κ1) is 27.1. The highest BCUT2D eigenvalue weighted by Gasteiger charge is 2.38. The zero-order chi connectivity index (χ0) is 24.1. The van der Waals surface area contributed by atoms with Gasteiger partial charge < -0.3 is 18.9 Å². The van der Waals surface area contributed by atoms with Crippen molar-refractivity contribution in [2.75, 3.05) is 6.61 Å². The molecule has 2 rings (SSSR count). The van der Waals surface area contributed by atoms with Crippen LogP contribution >= 0.6 is 0 Å². The minimum absolute atomic E-state index is 0.0113. The second kappa shape index (κ2) is 14.9. The van der Waals surface area contributed by atoms with E-state index in [0.29, 0.717) is 12.2 Å². The van der Waals surface area contributed by atoms with Crippen LogP contribution in [-0.4, -0.2) is 43.1 Å². The van der Waals surface area contributed by atoms with Gasteiger partial charge in [0.15, 0.2) is 12.4 Å². The highest BCUT2D eigenvalue weighted by Crippen LogP contribution is 2.29. The van der Waals surface area contributed by atoms with Gasteiger partial charge in [-0.2, -0.15) is 0 Å². The number of ether oxygens (including phenoxy) is 4. The smallest absolute Gasteiger partial charge is 0.338 e. The summed E-state index contributed by atoms with van der Waals surface area (Å²) in [7, 11) is 0. The van der Waals surface area contributed by atoms with E-state index in [1.807, 2.05) is 38.1 Å². The lowest BCUT2D eigenvalue weighted by molar-refractivity contribution is -0.263. The average Bonchev–Trinajstić information content (AvgIpc) is 2.79. The molecule has 0 spiro atoms. The third kappa shape index (κ3) is 10.1. The monoisotopic (exact) mass is 460 g/mol. The van der Waals surface area contributed by atoms with E-state index in [0.717, 1.165) is 44.9 Å². The van der Waals surface area contributed by atoms with Crippen LogP contribution in [0.1, 0.15) is 83.0 Å². The Balaban J connectivity index is 1.72. The average molecular weight is 461 g/mol. The lowest BCUT2D eigenvalue weighted by atomic mass is 9.95. The molecule has 0 aliphatic carbocycles. The van der Waals surface area contributed by atoms with E-state index < -0.39 is 12.4 Å². The molecule has 1 aromatic rings. The lowest BCUT2D eigenvalue weighted by Crippen LogP contribution is -2.47. The molecule has 5 atom stereocenters. The molecule has 2 unspecified atom stereocenters. The first-order valence-electron chi connectivity index (χ1n) is 12.3. The van der Waals surface area contributed by atoms with Crippen LogP contribution < -0.4 is 0 Å². The van der Waals surface area contributed by atoms with Crippen molar-refractivity contribution in [2.24, 2.45) is 5.92 Å².